The number of imide groups is 1. The molecule has 0 aliphatic carbocycles. The Morgan fingerprint density at radius 1 is 1.15 bits per heavy atom. The quantitative estimate of drug-likeness (QED) is 0.299. The van der Waals surface area contributed by atoms with E-state index in [1.807, 2.05) is 0 Å². The summed E-state index contributed by atoms with van der Waals surface area (Å²) in [7, 11) is 0. The minimum atomic E-state index is -1.19. The molecule has 1 N–H and O–H groups in total. The highest BCUT2D eigenvalue weighted by Gasteiger charge is 2.67. The van der Waals surface area contributed by atoms with Crippen molar-refractivity contribution >= 4 is 52.3 Å². The van der Waals surface area contributed by atoms with Crippen LogP contribution < -0.4 is 10.2 Å². The second-order valence-corrected chi connectivity index (χ2v) is 8.84. The van der Waals surface area contributed by atoms with Crippen LogP contribution in [0.4, 0.5) is 11.4 Å². The second-order valence-electron chi connectivity index (χ2n) is 7.99. The zero-order valence-electron chi connectivity index (χ0n) is 16.7. The van der Waals surface area contributed by atoms with Crippen LogP contribution in [0.2, 0.25) is 10.0 Å². The zero-order chi connectivity index (χ0) is 23.5. The number of amides is 3. The number of nitro benzene ring substituents is 1. The van der Waals surface area contributed by atoms with Crippen LogP contribution in [-0.4, -0.2) is 40.9 Å². The number of non-ortho nitro benzene ring substituents is 1. The number of hydrogen-bond donors (Lipinski definition) is 1. The molecule has 3 amide bonds. The topological polar surface area (TPSA) is 119 Å². The summed E-state index contributed by atoms with van der Waals surface area (Å²) in [6, 6.07) is 9.67. The predicted molar refractivity (Wildman–Crippen MR) is 118 cm³/mol. The van der Waals surface area contributed by atoms with Crippen molar-refractivity contribution in [1.29, 1.82) is 0 Å². The minimum Gasteiger partial charge on any atom is -0.360 e. The van der Waals surface area contributed by atoms with Crippen molar-refractivity contribution in [2.45, 2.75) is 11.7 Å². The number of nitrogens with zero attached hydrogens (tertiary/aromatic N) is 2. The van der Waals surface area contributed by atoms with Crippen LogP contribution in [-0.2, 0) is 14.3 Å². The van der Waals surface area contributed by atoms with Gasteiger partial charge in [0.25, 0.3) is 11.6 Å². The predicted octanol–water partition coefficient (Wildman–Crippen LogP) is 3.14. The summed E-state index contributed by atoms with van der Waals surface area (Å²) in [5, 5.41) is 14.2. The van der Waals surface area contributed by atoms with Gasteiger partial charge in [0, 0.05) is 17.2 Å². The molecule has 2 bridgehead atoms. The summed E-state index contributed by atoms with van der Waals surface area (Å²) in [5.41, 5.74) is -0.877. The van der Waals surface area contributed by atoms with Gasteiger partial charge in [-0.1, -0.05) is 35.4 Å². The molecule has 0 unspecified atom stereocenters. The van der Waals surface area contributed by atoms with Gasteiger partial charge in [0.05, 0.1) is 45.7 Å². The van der Waals surface area contributed by atoms with Crippen molar-refractivity contribution in [2.75, 3.05) is 11.4 Å². The van der Waals surface area contributed by atoms with Crippen molar-refractivity contribution in [1.82, 2.24) is 5.32 Å². The van der Waals surface area contributed by atoms with Crippen molar-refractivity contribution in [3.05, 3.63) is 80.3 Å². The lowest BCUT2D eigenvalue weighted by molar-refractivity contribution is -0.384. The van der Waals surface area contributed by atoms with Gasteiger partial charge >= 0.3 is 0 Å². The lowest BCUT2D eigenvalue weighted by Crippen LogP contribution is -2.48. The molecule has 0 spiro atoms. The molecule has 2 aromatic carbocycles. The molecule has 168 valence electrons. The standard InChI is InChI=1S/C22H15Cl2N3O6/c23-11-1-6-14(15(24)9-11)19(28)25-10-22-8-7-16(33-22)17-18(22)21(30)26(20(17)29)12-2-4-13(5-3-12)27(31)32/h1-9,16-18H,10H2,(H,25,28)/t16-,17+,18+,22-/m1/s1. The maximum absolute atomic E-state index is 13.3. The van der Waals surface area contributed by atoms with E-state index in [0.29, 0.717) is 5.02 Å². The zero-order valence-corrected chi connectivity index (χ0v) is 18.2. The van der Waals surface area contributed by atoms with Crippen molar-refractivity contribution < 1.29 is 24.0 Å². The maximum atomic E-state index is 13.3. The van der Waals surface area contributed by atoms with Gasteiger partial charge in [0.15, 0.2) is 0 Å². The Bertz CT molecular complexity index is 1250. The van der Waals surface area contributed by atoms with Gasteiger partial charge in [-0.2, -0.15) is 0 Å². The summed E-state index contributed by atoms with van der Waals surface area (Å²) >= 11 is 12.0. The first-order valence-corrected chi connectivity index (χ1v) is 10.7. The fraction of sp³-hybridized carbons (Fsp3) is 0.227. The van der Waals surface area contributed by atoms with E-state index < -0.39 is 46.2 Å². The van der Waals surface area contributed by atoms with E-state index in [1.54, 1.807) is 12.2 Å². The Kier molecular flexibility index (Phi) is 5.00. The molecule has 3 aliphatic heterocycles. The first kappa shape index (κ1) is 21.6. The number of nitro groups is 1. The third-order valence-electron chi connectivity index (χ3n) is 6.17. The molecule has 2 fully saturated rings. The first-order chi connectivity index (χ1) is 15.7. The Morgan fingerprint density at radius 2 is 1.88 bits per heavy atom. The number of halogens is 2. The normalized spacial score (nSPS) is 27.2. The molecule has 33 heavy (non-hydrogen) atoms. The van der Waals surface area contributed by atoms with Crippen molar-refractivity contribution in [3.8, 4) is 0 Å². The van der Waals surface area contributed by atoms with Gasteiger partial charge in [-0.3, -0.25) is 24.5 Å². The summed E-state index contributed by atoms with van der Waals surface area (Å²) in [5.74, 6) is -2.98. The number of nitrogens with one attached hydrogen (secondary N) is 1. The van der Waals surface area contributed by atoms with Crippen LogP contribution in [0.1, 0.15) is 10.4 Å². The molecule has 11 heteroatoms. The number of rotatable bonds is 5. The van der Waals surface area contributed by atoms with E-state index in [2.05, 4.69) is 5.32 Å². The Morgan fingerprint density at radius 3 is 2.55 bits per heavy atom. The van der Waals surface area contributed by atoms with Crippen LogP contribution >= 0.6 is 23.2 Å². The van der Waals surface area contributed by atoms with Gasteiger partial charge in [0.1, 0.15) is 5.60 Å². The molecule has 0 saturated carbocycles. The van der Waals surface area contributed by atoms with Crippen LogP contribution in [0.25, 0.3) is 0 Å². The van der Waals surface area contributed by atoms with Gasteiger partial charge in [-0.05, 0) is 30.3 Å². The van der Waals surface area contributed by atoms with Crippen LogP contribution in [0.15, 0.2) is 54.6 Å². The van der Waals surface area contributed by atoms with Gasteiger partial charge in [0.2, 0.25) is 11.8 Å². The largest absolute Gasteiger partial charge is 0.360 e. The molecule has 5 rings (SSSR count). The van der Waals surface area contributed by atoms with Crippen molar-refractivity contribution in [2.24, 2.45) is 11.8 Å². The number of fused-ring (bicyclic) bond motifs is 5. The van der Waals surface area contributed by atoms with E-state index in [4.69, 9.17) is 27.9 Å². The Labute approximate surface area is 197 Å². The average Bonchev–Trinajstić information content (AvgIpc) is 3.42. The average molecular weight is 488 g/mol. The number of anilines is 1. The highest BCUT2D eigenvalue weighted by Crippen LogP contribution is 2.52. The molecule has 0 aromatic heterocycles. The number of carbonyl (C=O) groups is 3. The molecule has 0 radical (unpaired) electrons. The fourth-order valence-electron chi connectivity index (χ4n) is 4.67. The van der Waals surface area contributed by atoms with E-state index in [9.17, 15) is 24.5 Å². The maximum Gasteiger partial charge on any atom is 0.269 e. The van der Waals surface area contributed by atoms with Gasteiger partial charge < -0.3 is 10.1 Å². The Hall–Kier alpha value is -3.27. The first-order valence-electron chi connectivity index (χ1n) is 9.94. The molecule has 3 aliphatic rings. The number of hydrogen-bond acceptors (Lipinski definition) is 6. The van der Waals surface area contributed by atoms with Crippen LogP contribution in [0.5, 0.6) is 0 Å². The summed E-state index contributed by atoms with van der Waals surface area (Å²) in [6.07, 6.45) is 2.81. The summed E-state index contributed by atoms with van der Waals surface area (Å²) in [6.45, 7) is -0.0495. The van der Waals surface area contributed by atoms with Gasteiger partial charge in [-0.25, -0.2) is 4.90 Å². The van der Waals surface area contributed by atoms with E-state index in [1.165, 1.54) is 42.5 Å². The number of ether oxygens (including phenoxy) is 1. The minimum absolute atomic E-state index is 0.0495. The second kappa shape index (κ2) is 7.65. The molecule has 3 heterocycles. The molecular formula is C22H15Cl2N3O6. The van der Waals surface area contributed by atoms with E-state index >= 15 is 0 Å². The SMILES string of the molecule is O=C(NC[C@@]12C=C[C@@H](O1)[C@@H]1C(=O)N(c3ccc([N+](=O)[O-])cc3)C(=O)[C@H]12)c1ccc(Cl)cc1Cl. The summed E-state index contributed by atoms with van der Waals surface area (Å²) in [4.78, 5) is 50.5. The third-order valence-corrected chi connectivity index (χ3v) is 6.72. The Balaban J connectivity index is 1.39. The van der Waals surface area contributed by atoms with Gasteiger partial charge in [-0.15, -0.1) is 0 Å². The smallest absolute Gasteiger partial charge is 0.269 e. The molecule has 2 aromatic rings. The van der Waals surface area contributed by atoms with Crippen LogP contribution in [0, 0.1) is 22.0 Å². The molecule has 2 saturated heterocycles. The van der Waals surface area contributed by atoms with E-state index in [0.717, 1.165) is 4.90 Å². The molecular weight excluding hydrogens is 473 g/mol. The fourth-order valence-corrected chi connectivity index (χ4v) is 5.17. The number of benzene rings is 2. The monoisotopic (exact) mass is 487 g/mol. The van der Waals surface area contributed by atoms with Crippen LogP contribution in [0.3, 0.4) is 0 Å². The van der Waals surface area contributed by atoms with E-state index in [-0.39, 0.29) is 28.5 Å². The lowest BCUT2D eigenvalue weighted by Gasteiger charge is -2.29. The number of carbonyl (C=O) groups excluding carboxylic acids is 3. The summed E-state index contributed by atoms with van der Waals surface area (Å²) < 4.78 is 6.00. The lowest BCUT2D eigenvalue weighted by atomic mass is 9.77. The highest BCUT2D eigenvalue weighted by molar-refractivity contribution is 6.36. The van der Waals surface area contributed by atoms with Crippen molar-refractivity contribution in [3.63, 3.8) is 0 Å². The highest BCUT2D eigenvalue weighted by atomic mass is 35.5. The molecule has 9 nitrogen and oxygen atoms in total. The third kappa shape index (κ3) is 3.31. The molecule has 4 atom stereocenters.